The summed E-state index contributed by atoms with van der Waals surface area (Å²) in [4.78, 5) is 18.5. The molecule has 0 saturated carbocycles. The number of carbonyl (C=O) groups is 1. The third-order valence-corrected chi connectivity index (χ3v) is 4.35. The van der Waals surface area contributed by atoms with Gasteiger partial charge >= 0.3 is 0 Å². The van der Waals surface area contributed by atoms with E-state index in [4.69, 9.17) is 4.74 Å². The number of morpholine rings is 1. The third kappa shape index (κ3) is 3.38. The lowest BCUT2D eigenvalue weighted by Crippen LogP contribution is -2.45. The lowest BCUT2D eigenvalue weighted by molar-refractivity contribution is -0.136. The van der Waals surface area contributed by atoms with Crippen LogP contribution in [0.25, 0.3) is 0 Å². The largest absolute Gasteiger partial charge is 0.378 e. The average Bonchev–Trinajstić information content (AvgIpc) is 2.68. The van der Waals surface area contributed by atoms with E-state index < -0.39 is 0 Å². The second-order valence-corrected chi connectivity index (χ2v) is 6.31. The number of hydrogen-bond donors (Lipinski definition) is 1. The van der Waals surface area contributed by atoms with Crippen LogP contribution in [0.3, 0.4) is 0 Å². The van der Waals surface area contributed by atoms with Gasteiger partial charge in [0.25, 0.3) is 0 Å². The highest BCUT2D eigenvalue weighted by molar-refractivity contribution is 8.14. The van der Waals surface area contributed by atoms with E-state index in [1.807, 2.05) is 11.8 Å². The zero-order chi connectivity index (χ0) is 13.2. The Morgan fingerprint density at radius 1 is 1.50 bits per heavy atom. The van der Waals surface area contributed by atoms with Crippen LogP contribution in [0.5, 0.6) is 0 Å². The second kappa shape index (κ2) is 5.48. The monoisotopic (exact) mass is 271 g/mol. The van der Waals surface area contributed by atoms with Crippen LogP contribution < -0.4 is 5.32 Å². The smallest absolute Gasteiger partial charge is 0.247 e. The Hall–Kier alpha value is -0.750. The fraction of sp³-hybridized carbons (Fsp3) is 0.833. The van der Waals surface area contributed by atoms with Crippen molar-refractivity contribution < 1.29 is 9.53 Å². The topological polar surface area (TPSA) is 53.9 Å². The van der Waals surface area contributed by atoms with E-state index >= 15 is 0 Å². The molecule has 0 spiro atoms. The van der Waals surface area contributed by atoms with Crippen LogP contribution in [0.2, 0.25) is 0 Å². The maximum Gasteiger partial charge on any atom is 0.247 e. The molecule has 5 nitrogen and oxygen atoms in total. The Bertz CT molecular complexity index is 351. The lowest BCUT2D eigenvalue weighted by Gasteiger charge is -2.28. The molecule has 18 heavy (non-hydrogen) atoms. The van der Waals surface area contributed by atoms with Crippen molar-refractivity contribution in [1.82, 2.24) is 10.2 Å². The molecule has 2 heterocycles. The van der Waals surface area contributed by atoms with Gasteiger partial charge in [-0.2, -0.15) is 0 Å². The van der Waals surface area contributed by atoms with Crippen LogP contribution in [0.1, 0.15) is 20.8 Å². The van der Waals surface area contributed by atoms with E-state index in [-0.39, 0.29) is 17.5 Å². The van der Waals surface area contributed by atoms with E-state index in [0.29, 0.717) is 26.3 Å². The summed E-state index contributed by atoms with van der Waals surface area (Å²) in [6, 6.07) is -0.313. The lowest BCUT2D eigenvalue weighted by atomic mass is 10.1. The molecule has 0 aromatic rings. The van der Waals surface area contributed by atoms with Crippen LogP contribution in [0.15, 0.2) is 4.99 Å². The van der Waals surface area contributed by atoms with Gasteiger partial charge in [-0.05, 0) is 20.8 Å². The highest BCUT2D eigenvalue weighted by Gasteiger charge is 2.29. The summed E-state index contributed by atoms with van der Waals surface area (Å²) < 4.78 is 5.24. The SMILES string of the molecule is CC(N=C1NC(C)(C)CS1)C(=O)N1CCOCC1. The Morgan fingerprint density at radius 3 is 2.72 bits per heavy atom. The van der Waals surface area contributed by atoms with Crippen molar-refractivity contribution in [3.05, 3.63) is 0 Å². The number of hydrogen-bond acceptors (Lipinski definition) is 4. The number of aliphatic imine (C=N–C) groups is 1. The number of amidine groups is 1. The minimum atomic E-state index is -0.313. The molecule has 1 atom stereocenters. The van der Waals surface area contributed by atoms with Crippen molar-refractivity contribution in [3.8, 4) is 0 Å². The molecular formula is C12H21N3O2S. The van der Waals surface area contributed by atoms with Gasteiger partial charge in [0.15, 0.2) is 5.17 Å². The number of ether oxygens (including phenoxy) is 1. The molecule has 0 bridgehead atoms. The summed E-state index contributed by atoms with van der Waals surface area (Å²) in [5.41, 5.74) is 0.0746. The highest BCUT2D eigenvalue weighted by atomic mass is 32.2. The molecule has 0 radical (unpaired) electrons. The molecule has 102 valence electrons. The van der Waals surface area contributed by atoms with Crippen molar-refractivity contribution in [2.75, 3.05) is 32.1 Å². The Labute approximate surface area is 112 Å². The van der Waals surface area contributed by atoms with Gasteiger partial charge < -0.3 is 15.0 Å². The first-order chi connectivity index (χ1) is 8.48. The van der Waals surface area contributed by atoms with Crippen LogP contribution in [-0.4, -0.2) is 59.6 Å². The van der Waals surface area contributed by atoms with E-state index in [2.05, 4.69) is 24.2 Å². The van der Waals surface area contributed by atoms with Crippen molar-refractivity contribution in [3.63, 3.8) is 0 Å². The van der Waals surface area contributed by atoms with Crippen LogP contribution in [0.4, 0.5) is 0 Å². The van der Waals surface area contributed by atoms with E-state index in [1.165, 1.54) is 0 Å². The van der Waals surface area contributed by atoms with Gasteiger partial charge in [-0.25, -0.2) is 4.99 Å². The summed E-state index contributed by atoms with van der Waals surface area (Å²) in [7, 11) is 0. The maximum absolute atomic E-state index is 12.2. The van der Waals surface area contributed by atoms with E-state index in [9.17, 15) is 4.79 Å². The quantitative estimate of drug-likeness (QED) is 0.803. The predicted molar refractivity (Wildman–Crippen MR) is 74.0 cm³/mol. The molecular weight excluding hydrogens is 250 g/mol. The predicted octanol–water partition coefficient (Wildman–Crippen LogP) is 0.705. The normalized spacial score (nSPS) is 27.1. The molecule has 2 saturated heterocycles. The van der Waals surface area contributed by atoms with Gasteiger partial charge in [0, 0.05) is 24.4 Å². The third-order valence-electron chi connectivity index (χ3n) is 3.01. The molecule has 6 heteroatoms. The van der Waals surface area contributed by atoms with Gasteiger partial charge in [-0.1, -0.05) is 11.8 Å². The molecule has 1 unspecified atom stereocenters. The fourth-order valence-corrected chi connectivity index (χ4v) is 3.11. The highest BCUT2D eigenvalue weighted by Crippen LogP contribution is 2.22. The number of amides is 1. The molecule has 2 aliphatic rings. The van der Waals surface area contributed by atoms with Crippen LogP contribution in [-0.2, 0) is 9.53 Å². The average molecular weight is 271 g/mol. The van der Waals surface area contributed by atoms with Crippen LogP contribution in [0, 0.1) is 0 Å². The zero-order valence-electron chi connectivity index (χ0n) is 11.2. The zero-order valence-corrected chi connectivity index (χ0v) is 12.0. The Balaban J connectivity index is 1.93. The summed E-state index contributed by atoms with van der Waals surface area (Å²) in [5, 5.41) is 4.22. The summed E-state index contributed by atoms with van der Waals surface area (Å²) in [6.07, 6.45) is 0. The minimum absolute atomic E-state index is 0.0746. The number of nitrogens with one attached hydrogen (secondary N) is 1. The van der Waals surface area contributed by atoms with Gasteiger partial charge in [-0.15, -0.1) is 0 Å². The molecule has 0 aromatic heterocycles. The van der Waals surface area contributed by atoms with Crippen molar-refractivity contribution in [1.29, 1.82) is 0 Å². The minimum Gasteiger partial charge on any atom is -0.378 e. The van der Waals surface area contributed by atoms with E-state index in [1.54, 1.807) is 11.8 Å². The molecule has 0 aliphatic carbocycles. The molecule has 2 aliphatic heterocycles. The molecule has 1 N–H and O–H groups in total. The summed E-state index contributed by atoms with van der Waals surface area (Å²) in [5.74, 6) is 1.09. The van der Waals surface area contributed by atoms with Crippen molar-refractivity contribution in [2.45, 2.75) is 32.4 Å². The Kier molecular flexibility index (Phi) is 4.17. The number of carbonyl (C=O) groups excluding carboxylic acids is 1. The first-order valence-corrected chi connectivity index (χ1v) is 7.32. The molecule has 0 aromatic carbocycles. The maximum atomic E-state index is 12.2. The number of nitrogens with zero attached hydrogens (tertiary/aromatic N) is 2. The van der Waals surface area contributed by atoms with Crippen molar-refractivity contribution in [2.24, 2.45) is 4.99 Å². The molecule has 2 fully saturated rings. The van der Waals surface area contributed by atoms with Crippen LogP contribution >= 0.6 is 11.8 Å². The summed E-state index contributed by atoms with van der Waals surface area (Å²) in [6.45, 7) is 8.76. The fourth-order valence-electron chi connectivity index (χ4n) is 1.96. The number of rotatable bonds is 2. The van der Waals surface area contributed by atoms with E-state index in [0.717, 1.165) is 10.9 Å². The van der Waals surface area contributed by atoms with Gasteiger partial charge in [-0.3, -0.25) is 4.79 Å². The van der Waals surface area contributed by atoms with Gasteiger partial charge in [0.2, 0.25) is 5.91 Å². The second-order valence-electron chi connectivity index (χ2n) is 5.35. The summed E-state index contributed by atoms with van der Waals surface area (Å²) >= 11 is 1.69. The first-order valence-electron chi connectivity index (χ1n) is 6.33. The van der Waals surface area contributed by atoms with Crippen molar-refractivity contribution >= 4 is 22.8 Å². The van der Waals surface area contributed by atoms with Gasteiger partial charge in [0.05, 0.1) is 13.2 Å². The molecule has 1 amide bonds. The molecule has 2 rings (SSSR count). The Morgan fingerprint density at radius 2 is 2.17 bits per heavy atom. The van der Waals surface area contributed by atoms with Gasteiger partial charge in [0.1, 0.15) is 6.04 Å². The standard InChI is InChI=1S/C12H21N3O2S/c1-9(10(16)15-4-6-17-7-5-15)13-11-14-12(2,3)8-18-11/h9H,4-8H2,1-3H3,(H,13,14). The number of thioether (sulfide) groups is 1. The first kappa shape index (κ1) is 13.7.